The summed E-state index contributed by atoms with van der Waals surface area (Å²) in [4.78, 5) is 18.5. The van der Waals surface area contributed by atoms with Crippen LogP contribution in [0.2, 0.25) is 0 Å². The van der Waals surface area contributed by atoms with Crippen LogP contribution in [0.3, 0.4) is 0 Å². The van der Waals surface area contributed by atoms with E-state index in [1.165, 1.54) is 11.3 Å². The average molecular weight is 427 g/mol. The number of amides is 1. The number of anilines is 1. The number of nitrogens with zero attached hydrogens (tertiary/aromatic N) is 3. The van der Waals surface area contributed by atoms with Gasteiger partial charge in [-0.05, 0) is 70.4 Å². The molecule has 0 bridgehead atoms. The number of fused-ring (bicyclic) bond motifs is 1. The molecule has 7 nitrogen and oxygen atoms in total. The molecule has 0 atom stereocenters. The Bertz CT molecular complexity index is 854. The molecular formula is C24H34N4O3. The number of hydrogen-bond donors (Lipinski definition) is 2. The Balaban J connectivity index is 1.85. The van der Waals surface area contributed by atoms with E-state index in [4.69, 9.17) is 9.94 Å². The second kappa shape index (κ2) is 11.1. The highest BCUT2D eigenvalue weighted by Crippen LogP contribution is 2.32. The summed E-state index contributed by atoms with van der Waals surface area (Å²) in [6, 6.07) is 13.7. The first-order valence-corrected chi connectivity index (χ1v) is 10.8. The van der Waals surface area contributed by atoms with E-state index in [0.29, 0.717) is 12.2 Å². The van der Waals surface area contributed by atoms with Gasteiger partial charge < -0.3 is 19.4 Å². The first kappa shape index (κ1) is 23.1. The zero-order chi connectivity index (χ0) is 22.2. The lowest BCUT2D eigenvalue weighted by Crippen LogP contribution is -2.27. The molecule has 31 heavy (non-hydrogen) atoms. The second-order valence-electron chi connectivity index (χ2n) is 8.37. The van der Waals surface area contributed by atoms with Crippen molar-refractivity contribution in [2.24, 2.45) is 0 Å². The van der Waals surface area contributed by atoms with Gasteiger partial charge in [0.05, 0.1) is 0 Å². The quantitative estimate of drug-likeness (QED) is 0.524. The Labute approximate surface area is 185 Å². The van der Waals surface area contributed by atoms with Crippen molar-refractivity contribution in [3.63, 3.8) is 0 Å². The van der Waals surface area contributed by atoms with Crippen LogP contribution >= 0.6 is 0 Å². The van der Waals surface area contributed by atoms with Gasteiger partial charge in [-0.1, -0.05) is 18.2 Å². The second-order valence-corrected chi connectivity index (χ2v) is 8.37. The van der Waals surface area contributed by atoms with E-state index < -0.39 is 5.91 Å². The fourth-order valence-corrected chi connectivity index (χ4v) is 3.85. The maximum atomic E-state index is 11.6. The Hall–Kier alpha value is -2.61. The minimum atomic E-state index is -0.498. The van der Waals surface area contributed by atoms with E-state index in [1.54, 1.807) is 17.6 Å². The Kier molecular flexibility index (Phi) is 8.28. The van der Waals surface area contributed by atoms with Crippen LogP contribution in [0.1, 0.15) is 27.9 Å². The van der Waals surface area contributed by atoms with Crippen LogP contribution in [0, 0.1) is 0 Å². The lowest BCUT2D eigenvalue weighted by atomic mass is 10.1. The van der Waals surface area contributed by atoms with Gasteiger partial charge in [0.25, 0.3) is 5.91 Å². The van der Waals surface area contributed by atoms with Crippen molar-refractivity contribution in [2.75, 3.05) is 58.8 Å². The fraction of sp³-hybridized carbons (Fsp3) is 0.458. The zero-order valence-corrected chi connectivity index (χ0v) is 18.8. The van der Waals surface area contributed by atoms with Crippen molar-refractivity contribution >= 4 is 11.6 Å². The Morgan fingerprint density at radius 3 is 2.61 bits per heavy atom. The number of carbonyl (C=O) groups excluding carboxylic acids is 1. The predicted molar refractivity (Wildman–Crippen MR) is 123 cm³/mol. The average Bonchev–Trinajstić information content (AvgIpc) is 2.84. The summed E-state index contributed by atoms with van der Waals surface area (Å²) in [5.41, 5.74) is 5.71. The summed E-state index contributed by atoms with van der Waals surface area (Å²) < 4.78 is 6.19. The van der Waals surface area contributed by atoms with Crippen LogP contribution in [-0.2, 0) is 13.0 Å². The van der Waals surface area contributed by atoms with Crippen LogP contribution in [-0.4, -0.2) is 74.8 Å². The van der Waals surface area contributed by atoms with Gasteiger partial charge in [0.1, 0.15) is 12.4 Å². The third-order valence-corrected chi connectivity index (χ3v) is 5.65. The van der Waals surface area contributed by atoms with Crippen LogP contribution < -0.4 is 15.1 Å². The first-order valence-electron chi connectivity index (χ1n) is 10.8. The first-order chi connectivity index (χ1) is 15.0. The highest BCUT2D eigenvalue weighted by atomic mass is 16.5. The third-order valence-electron chi connectivity index (χ3n) is 5.65. The van der Waals surface area contributed by atoms with Gasteiger partial charge in [0, 0.05) is 43.0 Å². The van der Waals surface area contributed by atoms with Crippen molar-refractivity contribution in [3.05, 3.63) is 59.2 Å². The van der Waals surface area contributed by atoms with Crippen molar-refractivity contribution < 1.29 is 14.7 Å². The number of nitrogens with one attached hydrogen (secondary N) is 1. The number of hydrogen-bond acceptors (Lipinski definition) is 6. The molecule has 0 saturated carbocycles. The number of rotatable bonds is 7. The Morgan fingerprint density at radius 1 is 1.13 bits per heavy atom. The fourth-order valence-electron chi connectivity index (χ4n) is 3.85. The molecule has 2 aromatic carbocycles. The van der Waals surface area contributed by atoms with Crippen LogP contribution in [0.5, 0.6) is 5.75 Å². The minimum Gasteiger partial charge on any atom is -0.492 e. The highest BCUT2D eigenvalue weighted by Gasteiger charge is 2.19. The molecule has 2 aromatic rings. The van der Waals surface area contributed by atoms with E-state index in [2.05, 4.69) is 54.0 Å². The smallest absolute Gasteiger partial charge is 0.274 e. The number of carbonyl (C=O) groups is 1. The van der Waals surface area contributed by atoms with Crippen molar-refractivity contribution in [1.82, 2.24) is 15.3 Å². The van der Waals surface area contributed by atoms with Crippen LogP contribution in [0.4, 0.5) is 5.69 Å². The molecule has 168 valence electrons. The topological polar surface area (TPSA) is 68.3 Å². The molecule has 1 aliphatic heterocycles. The largest absolute Gasteiger partial charge is 0.492 e. The molecule has 7 heteroatoms. The van der Waals surface area contributed by atoms with E-state index in [1.807, 2.05) is 12.1 Å². The molecule has 1 heterocycles. The molecule has 2 N–H and O–H groups in total. The molecule has 0 saturated heterocycles. The summed E-state index contributed by atoms with van der Waals surface area (Å²) >= 11 is 0. The zero-order valence-electron chi connectivity index (χ0n) is 18.8. The maximum absolute atomic E-state index is 11.6. The van der Waals surface area contributed by atoms with Gasteiger partial charge in [0.2, 0.25) is 0 Å². The predicted octanol–water partition coefficient (Wildman–Crippen LogP) is 2.63. The summed E-state index contributed by atoms with van der Waals surface area (Å²) in [7, 11) is 6.28. The number of benzene rings is 2. The van der Waals surface area contributed by atoms with Gasteiger partial charge in [-0.3, -0.25) is 10.0 Å². The van der Waals surface area contributed by atoms with Gasteiger partial charge in [0.15, 0.2) is 0 Å². The van der Waals surface area contributed by atoms with E-state index in [-0.39, 0.29) is 0 Å². The third kappa shape index (κ3) is 6.43. The van der Waals surface area contributed by atoms with Gasteiger partial charge in [-0.15, -0.1) is 0 Å². The highest BCUT2D eigenvalue weighted by molar-refractivity contribution is 5.93. The van der Waals surface area contributed by atoms with Gasteiger partial charge in [-0.2, -0.15) is 0 Å². The van der Waals surface area contributed by atoms with E-state index in [0.717, 1.165) is 56.9 Å². The molecule has 1 amide bonds. The van der Waals surface area contributed by atoms with E-state index in [9.17, 15) is 4.79 Å². The SMILES string of the molecule is CN(C)CCOc1cccc2c1CCN(C)CCCN2Cc1ccc(C(=O)NO)cc1. The van der Waals surface area contributed by atoms with E-state index >= 15 is 0 Å². The summed E-state index contributed by atoms with van der Waals surface area (Å²) in [6.07, 6.45) is 2.02. The van der Waals surface area contributed by atoms with Crippen molar-refractivity contribution in [1.29, 1.82) is 0 Å². The molecule has 0 unspecified atom stereocenters. The lowest BCUT2D eigenvalue weighted by molar-refractivity contribution is 0.0706. The maximum Gasteiger partial charge on any atom is 0.274 e. The molecular weight excluding hydrogens is 392 g/mol. The van der Waals surface area contributed by atoms with Gasteiger partial charge >= 0.3 is 0 Å². The Morgan fingerprint density at radius 2 is 1.90 bits per heavy atom. The normalized spacial score (nSPS) is 15.1. The summed E-state index contributed by atoms with van der Waals surface area (Å²) in [6.45, 7) is 5.28. The van der Waals surface area contributed by atoms with Gasteiger partial charge in [-0.25, -0.2) is 5.48 Å². The van der Waals surface area contributed by atoms with Crippen LogP contribution in [0.15, 0.2) is 42.5 Å². The molecule has 0 aliphatic carbocycles. The standard InChI is InChI=1S/C24H34N4O3/c1-26(2)16-17-31-23-7-4-6-22-21(23)12-15-27(3)13-5-14-28(22)18-19-8-10-20(11-9-19)24(29)25-30/h4,6-11,30H,5,12-18H2,1-3H3,(H,25,29). The molecule has 0 radical (unpaired) electrons. The summed E-state index contributed by atoms with van der Waals surface area (Å²) in [5, 5.41) is 8.83. The number of likely N-dealkylation sites (N-methyl/N-ethyl adjacent to an activating group) is 2. The molecule has 0 fully saturated rings. The minimum absolute atomic E-state index is 0.439. The summed E-state index contributed by atoms with van der Waals surface area (Å²) in [5.74, 6) is 0.469. The molecule has 0 aromatic heterocycles. The molecule has 3 rings (SSSR count). The monoisotopic (exact) mass is 426 g/mol. The molecule has 1 aliphatic rings. The van der Waals surface area contributed by atoms with Crippen molar-refractivity contribution in [2.45, 2.75) is 19.4 Å². The van der Waals surface area contributed by atoms with Crippen molar-refractivity contribution in [3.8, 4) is 5.75 Å². The number of ether oxygens (including phenoxy) is 1. The lowest BCUT2D eigenvalue weighted by Gasteiger charge is -2.28. The van der Waals surface area contributed by atoms with Crippen LogP contribution in [0.25, 0.3) is 0 Å². The number of hydroxylamine groups is 1. The molecule has 0 spiro atoms.